The minimum atomic E-state index is -3.35. The molecule has 0 aliphatic heterocycles. The SMILES string of the molecule is Cn1cccc(C(CNS(C)(=O)=O)CO[C@H]2CC[C@@H](c3ccccc3)CC2)c1=O. The topological polar surface area (TPSA) is 77.4 Å². The number of sulfonamides is 1. The summed E-state index contributed by atoms with van der Waals surface area (Å²) < 4.78 is 33.3. The summed E-state index contributed by atoms with van der Waals surface area (Å²) in [6.45, 7) is 0.472. The molecule has 1 N–H and O–H groups in total. The molecule has 1 fully saturated rings. The van der Waals surface area contributed by atoms with Crippen molar-refractivity contribution in [3.63, 3.8) is 0 Å². The smallest absolute Gasteiger partial charge is 0.253 e. The summed E-state index contributed by atoms with van der Waals surface area (Å²) in [5.41, 5.74) is 1.84. The van der Waals surface area contributed by atoms with Gasteiger partial charge in [0.05, 0.1) is 19.0 Å². The van der Waals surface area contributed by atoms with Crippen molar-refractivity contribution in [2.45, 2.75) is 43.6 Å². The van der Waals surface area contributed by atoms with Crippen LogP contribution in [0.25, 0.3) is 0 Å². The number of ether oxygens (including phenoxy) is 1. The average molecular weight is 419 g/mol. The van der Waals surface area contributed by atoms with E-state index in [-0.39, 0.29) is 24.1 Å². The van der Waals surface area contributed by atoms with Crippen LogP contribution in [-0.2, 0) is 21.8 Å². The van der Waals surface area contributed by atoms with E-state index >= 15 is 0 Å². The standard InChI is InChI=1S/C22H30N2O4S/c1-24-14-6-9-21(22(24)25)19(15-23-29(2,26)27)16-28-20-12-10-18(11-13-20)17-7-4-3-5-8-17/h3-9,14,18-20,23H,10-13,15-16H2,1-2H3/t18-,19?,20+. The molecule has 1 aliphatic rings. The predicted molar refractivity (Wildman–Crippen MR) is 115 cm³/mol. The Morgan fingerprint density at radius 3 is 2.45 bits per heavy atom. The van der Waals surface area contributed by atoms with Gasteiger partial charge in [-0.15, -0.1) is 0 Å². The van der Waals surface area contributed by atoms with Crippen molar-refractivity contribution in [3.05, 3.63) is 70.1 Å². The van der Waals surface area contributed by atoms with Crippen molar-refractivity contribution in [1.82, 2.24) is 9.29 Å². The first-order valence-corrected chi connectivity index (χ1v) is 12.0. The van der Waals surface area contributed by atoms with Crippen LogP contribution in [0, 0.1) is 0 Å². The first kappa shape index (κ1) is 21.7. The van der Waals surface area contributed by atoms with E-state index in [4.69, 9.17) is 4.74 Å². The molecule has 6 nitrogen and oxygen atoms in total. The highest BCUT2D eigenvalue weighted by Gasteiger charge is 2.25. The van der Waals surface area contributed by atoms with Crippen molar-refractivity contribution in [3.8, 4) is 0 Å². The van der Waals surface area contributed by atoms with Gasteiger partial charge in [0, 0.05) is 31.3 Å². The molecular weight excluding hydrogens is 388 g/mol. The molecule has 0 amide bonds. The van der Waals surface area contributed by atoms with Gasteiger partial charge in [-0.25, -0.2) is 13.1 Å². The molecule has 29 heavy (non-hydrogen) atoms. The van der Waals surface area contributed by atoms with Crippen LogP contribution in [0.2, 0.25) is 0 Å². The fourth-order valence-corrected chi connectivity index (χ4v) is 4.48. The zero-order valence-electron chi connectivity index (χ0n) is 17.1. The number of aromatic nitrogens is 1. The summed E-state index contributed by atoms with van der Waals surface area (Å²) in [6.07, 6.45) is 7.06. The first-order chi connectivity index (χ1) is 13.8. The van der Waals surface area contributed by atoms with Crippen LogP contribution in [-0.4, -0.2) is 38.5 Å². The van der Waals surface area contributed by atoms with Crippen molar-refractivity contribution in [2.24, 2.45) is 7.05 Å². The first-order valence-electron chi connectivity index (χ1n) is 10.1. The minimum Gasteiger partial charge on any atom is -0.378 e. The average Bonchev–Trinajstić information content (AvgIpc) is 2.71. The molecule has 2 aromatic rings. The number of hydrogen-bond donors (Lipinski definition) is 1. The van der Waals surface area contributed by atoms with Gasteiger partial charge in [0.15, 0.2) is 0 Å². The van der Waals surface area contributed by atoms with Gasteiger partial charge in [-0.2, -0.15) is 0 Å². The van der Waals surface area contributed by atoms with Gasteiger partial charge in [-0.1, -0.05) is 36.4 Å². The predicted octanol–water partition coefficient (Wildman–Crippen LogP) is 2.76. The van der Waals surface area contributed by atoms with E-state index in [2.05, 4.69) is 29.0 Å². The highest BCUT2D eigenvalue weighted by atomic mass is 32.2. The summed E-state index contributed by atoms with van der Waals surface area (Å²) in [7, 11) is -1.65. The number of benzene rings is 1. The highest BCUT2D eigenvalue weighted by molar-refractivity contribution is 7.88. The van der Waals surface area contributed by atoms with Crippen LogP contribution in [0.4, 0.5) is 0 Å². The van der Waals surface area contributed by atoms with Crippen LogP contribution in [0.3, 0.4) is 0 Å². The van der Waals surface area contributed by atoms with Crippen LogP contribution >= 0.6 is 0 Å². The Labute approximate surface area is 173 Å². The maximum atomic E-state index is 12.5. The van der Waals surface area contributed by atoms with Gasteiger partial charge in [0.25, 0.3) is 5.56 Å². The van der Waals surface area contributed by atoms with Crippen molar-refractivity contribution in [1.29, 1.82) is 0 Å². The maximum absolute atomic E-state index is 12.5. The molecule has 0 spiro atoms. The van der Waals surface area contributed by atoms with E-state index in [9.17, 15) is 13.2 Å². The third-order valence-electron chi connectivity index (χ3n) is 5.66. The second-order valence-corrected chi connectivity index (χ2v) is 9.75. The largest absolute Gasteiger partial charge is 0.378 e. The highest BCUT2D eigenvalue weighted by Crippen LogP contribution is 2.34. The van der Waals surface area contributed by atoms with Crippen LogP contribution in [0.5, 0.6) is 0 Å². The van der Waals surface area contributed by atoms with E-state index in [1.54, 1.807) is 25.4 Å². The van der Waals surface area contributed by atoms with E-state index in [0.717, 1.165) is 31.9 Å². The zero-order valence-corrected chi connectivity index (χ0v) is 17.9. The summed E-state index contributed by atoms with van der Waals surface area (Å²) >= 11 is 0. The summed E-state index contributed by atoms with van der Waals surface area (Å²) in [4.78, 5) is 12.5. The molecule has 1 unspecified atom stereocenters. The van der Waals surface area contributed by atoms with Crippen molar-refractivity contribution >= 4 is 10.0 Å². The molecular formula is C22H30N2O4S. The third kappa shape index (κ3) is 6.26. The Kier molecular flexibility index (Phi) is 7.27. The maximum Gasteiger partial charge on any atom is 0.253 e. The lowest BCUT2D eigenvalue weighted by Crippen LogP contribution is -2.34. The minimum absolute atomic E-state index is 0.121. The van der Waals surface area contributed by atoms with Crippen LogP contribution < -0.4 is 10.3 Å². The lowest BCUT2D eigenvalue weighted by atomic mass is 9.83. The molecule has 1 atom stereocenters. The number of hydrogen-bond acceptors (Lipinski definition) is 4. The van der Waals surface area contributed by atoms with Gasteiger partial charge in [0.2, 0.25) is 10.0 Å². The van der Waals surface area contributed by atoms with E-state index < -0.39 is 10.0 Å². The number of nitrogens with zero attached hydrogens (tertiary/aromatic N) is 1. The normalized spacial score (nSPS) is 21.0. The number of aryl methyl sites for hydroxylation is 1. The Hall–Kier alpha value is -1.96. The molecule has 158 valence electrons. The molecule has 1 aliphatic carbocycles. The third-order valence-corrected chi connectivity index (χ3v) is 6.35. The Morgan fingerprint density at radius 2 is 1.79 bits per heavy atom. The Morgan fingerprint density at radius 1 is 1.10 bits per heavy atom. The van der Waals surface area contributed by atoms with Gasteiger partial charge in [0.1, 0.15) is 0 Å². The molecule has 1 aromatic carbocycles. The second-order valence-electron chi connectivity index (χ2n) is 7.91. The fourth-order valence-electron chi connectivity index (χ4n) is 3.98. The molecule has 1 saturated carbocycles. The lowest BCUT2D eigenvalue weighted by Gasteiger charge is -2.30. The molecule has 0 saturated heterocycles. The Bertz CT molecular complexity index is 948. The van der Waals surface area contributed by atoms with Crippen molar-refractivity contribution in [2.75, 3.05) is 19.4 Å². The van der Waals surface area contributed by atoms with Crippen molar-refractivity contribution < 1.29 is 13.2 Å². The molecule has 0 radical (unpaired) electrons. The molecule has 3 rings (SSSR count). The van der Waals surface area contributed by atoms with Gasteiger partial charge in [-0.3, -0.25) is 4.79 Å². The molecule has 1 aromatic heterocycles. The van der Waals surface area contributed by atoms with E-state index in [1.165, 1.54) is 10.1 Å². The summed E-state index contributed by atoms with van der Waals surface area (Å²) in [6, 6.07) is 14.1. The lowest BCUT2D eigenvalue weighted by molar-refractivity contribution is 0.0168. The van der Waals surface area contributed by atoms with Crippen LogP contribution in [0.15, 0.2) is 53.5 Å². The van der Waals surface area contributed by atoms with Gasteiger partial charge >= 0.3 is 0 Å². The Balaban J connectivity index is 1.61. The summed E-state index contributed by atoms with van der Waals surface area (Å²) in [5.74, 6) is 0.247. The van der Waals surface area contributed by atoms with Crippen LogP contribution in [0.1, 0.15) is 48.6 Å². The van der Waals surface area contributed by atoms with E-state index in [0.29, 0.717) is 18.1 Å². The van der Waals surface area contributed by atoms with E-state index in [1.807, 2.05) is 6.07 Å². The van der Waals surface area contributed by atoms with Gasteiger partial charge < -0.3 is 9.30 Å². The fraction of sp³-hybridized carbons (Fsp3) is 0.500. The number of pyridine rings is 1. The second kappa shape index (κ2) is 9.69. The number of nitrogens with one attached hydrogen (secondary N) is 1. The molecule has 0 bridgehead atoms. The zero-order chi connectivity index (χ0) is 20.9. The molecule has 7 heteroatoms. The number of rotatable bonds is 8. The van der Waals surface area contributed by atoms with Gasteiger partial charge in [-0.05, 0) is 43.2 Å². The molecule has 1 heterocycles. The quantitative estimate of drug-likeness (QED) is 0.715. The summed E-state index contributed by atoms with van der Waals surface area (Å²) in [5, 5.41) is 0. The monoisotopic (exact) mass is 418 g/mol.